The van der Waals surface area contributed by atoms with Gasteiger partial charge in [0.1, 0.15) is 0 Å². The van der Waals surface area contributed by atoms with Gasteiger partial charge in [0.2, 0.25) is 0 Å². The number of hydrogen-bond acceptors (Lipinski definition) is 4. The monoisotopic (exact) mass is 355 g/mol. The normalized spacial score (nSPS) is 15.1. The van der Waals surface area contributed by atoms with Crippen LogP contribution in [-0.4, -0.2) is 46.3 Å². The minimum absolute atomic E-state index is 0.00973. The highest BCUT2D eigenvalue weighted by Crippen LogP contribution is 2.24. The summed E-state index contributed by atoms with van der Waals surface area (Å²) in [5, 5.41) is 4.56. The van der Waals surface area contributed by atoms with Crippen LogP contribution < -0.4 is 0 Å². The van der Waals surface area contributed by atoms with Gasteiger partial charge in [-0.15, -0.1) is 0 Å². The molecule has 1 fully saturated rings. The van der Waals surface area contributed by atoms with E-state index in [0.29, 0.717) is 38.1 Å². The second-order valence-corrected chi connectivity index (χ2v) is 6.61. The average Bonchev–Trinajstić information content (AvgIpc) is 2.96. The predicted molar refractivity (Wildman–Crippen MR) is 98.3 cm³/mol. The van der Waals surface area contributed by atoms with E-state index in [1.165, 1.54) is 0 Å². The number of nitrogens with zero attached hydrogens (tertiary/aromatic N) is 3. The van der Waals surface area contributed by atoms with Crippen molar-refractivity contribution in [1.82, 2.24) is 14.7 Å². The van der Waals surface area contributed by atoms with Gasteiger partial charge in [0.15, 0.2) is 0 Å². The zero-order chi connectivity index (χ0) is 18.7. The Labute approximate surface area is 153 Å². The van der Waals surface area contributed by atoms with Crippen LogP contribution in [0.4, 0.5) is 0 Å². The van der Waals surface area contributed by atoms with Crippen LogP contribution in [0.25, 0.3) is 5.69 Å². The van der Waals surface area contributed by atoms with Gasteiger partial charge >= 0.3 is 5.97 Å². The number of likely N-dealkylation sites (tertiary alicyclic amines) is 1. The lowest BCUT2D eigenvalue weighted by atomic mass is 9.96. The fraction of sp³-hybridized carbons (Fsp3) is 0.450. The molecule has 1 saturated heterocycles. The van der Waals surface area contributed by atoms with Crippen molar-refractivity contribution in [2.75, 3.05) is 19.7 Å². The van der Waals surface area contributed by atoms with E-state index in [2.05, 4.69) is 5.10 Å². The summed E-state index contributed by atoms with van der Waals surface area (Å²) in [5.74, 6) is -0.262. The van der Waals surface area contributed by atoms with Gasteiger partial charge in [-0.25, -0.2) is 4.68 Å². The number of piperidine rings is 1. The summed E-state index contributed by atoms with van der Waals surface area (Å²) in [6.45, 7) is 7.13. The Morgan fingerprint density at radius 2 is 1.81 bits per heavy atom. The second-order valence-electron chi connectivity index (χ2n) is 6.61. The molecule has 0 aliphatic carbocycles. The van der Waals surface area contributed by atoms with E-state index in [9.17, 15) is 9.59 Å². The van der Waals surface area contributed by atoms with Crippen LogP contribution in [0.15, 0.2) is 30.3 Å². The van der Waals surface area contributed by atoms with Gasteiger partial charge in [-0.2, -0.15) is 5.10 Å². The topological polar surface area (TPSA) is 64.4 Å². The summed E-state index contributed by atoms with van der Waals surface area (Å²) in [7, 11) is 0. The van der Waals surface area contributed by atoms with Crippen molar-refractivity contribution in [1.29, 1.82) is 0 Å². The number of carbonyl (C=O) groups excluding carboxylic acids is 2. The van der Waals surface area contributed by atoms with Gasteiger partial charge in [0.05, 0.1) is 35.2 Å². The number of hydrogen-bond donors (Lipinski definition) is 0. The Balaban J connectivity index is 1.75. The van der Waals surface area contributed by atoms with Gasteiger partial charge < -0.3 is 9.64 Å². The molecule has 0 N–H and O–H groups in total. The molecule has 3 rings (SSSR count). The second kappa shape index (κ2) is 7.72. The molecule has 2 aromatic rings. The zero-order valence-electron chi connectivity index (χ0n) is 15.6. The zero-order valence-corrected chi connectivity index (χ0v) is 15.6. The number of rotatable bonds is 4. The first-order chi connectivity index (χ1) is 12.5. The third kappa shape index (κ3) is 3.49. The molecule has 138 valence electrons. The minimum atomic E-state index is -0.149. The first kappa shape index (κ1) is 18.2. The van der Waals surface area contributed by atoms with Crippen LogP contribution in [0.5, 0.6) is 0 Å². The number of aryl methyl sites for hydroxylation is 1. The number of aromatic nitrogens is 2. The van der Waals surface area contributed by atoms with Crippen molar-refractivity contribution in [3.8, 4) is 5.69 Å². The van der Waals surface area contributed by atoms with E-state index in [4.69, 9.17) is 4.74 Å². The molecule has 26 heavy (non-hydrogen) atoms. The average molecular weight is 355 g/mol. The number of amides is 1. The third-order valence-electron chi connectivity index (χ3n) is 4.91. The van der Waals surface area contributed by atoms with Crippen LogP contribution in [-0.2, 0) is 9.53 Å². The summed E-state index contributed by atoms with van der Waals surface area (Å²) in [6.07, 6.45) is 1.30. The van der Waals surface area contributed by atoms with Gasteiger partial charge in [-0.05, 0) is 45.7 Å². The Morgan fingerprint density at radius 3 is 2.42 bits per heavy atom. The van der Waals surface area contributed by atoms with E-state index in [1.54, 1.807) is 0 Å². The van der Waals surface area contributed by atoms with Gasteiger partial charge in [-0.1, -0.05) is 18.2 Å². The first-order valence-corrected chi connectivity index (χ1v) is 9.10. The third-order valence-corrected chi connectivity index (χ3v) is 4.91. The lowest BCUT2D eigenvalue weighted by Crippen LogP contribution is -2.41. The molecular formula is C20H25N3O3. The molecule has 2 heterocycles. The summed E-state index contributed by atoms with van der Waals surface area (Å²) in [5.41, 5.74) is 3.16. The van der Waals surface area contributed by atoms with Crippen LogP contribution in [0.2, 0.25) is 0 Å². The van der Waals surface area contributed by atoms with Crippen LogP contribution in [0, 0.1) is 19.8 Å². The standard InChI is InChI=1S/C20H25N3O3/c1-4-26-20(25)16-10-12-22(13-11-16)19(24)18-14(2)21-23(15(18)3)17-8-6-5-7-9-17/h5-9,16H,4,10-13H2,1-3H3. The lowest BCUT2D eigenvalue weighted by Gasteiger charge is -2.31. The molecule has 0 spiro atoms. The number of para-hydroxylation sites is 1. The summed E-state index contributed by atoms with van der Waals surface area (Å²) in [4.78, 5) is 26.7. The molecule has 0 unspecified atom stereocenters. The molecule has 1 aromatic carbocycles. The molecule has 1 aromatic heterocycles. The van der Waals surface area contributed by atoms with Gasteiger partial charge in [0, 0.05) is 13.1 Å². The number of benzene rings is 1. The summed E-state index contributed by atoms with van der Waals surface area (Å²) < 4.78 is 6.91. The van der Waals surface area contributed by atoms with Crippen molar-refractivity contribution >= 4 is 11.9 Å². The van der Waals surface area contributed by atoms with Crippen molar-refractivity contribution in [2.24, 2.45) is 5.92 Å². The fourth-order valence-electron chi connectivity index (χ4n) is 3.51. The van der Waals surface area contributed by atoms with Crippen molar-refractivity contribution < 1.29 is 14.3 Å². The van der Waals surface area contributed by atoms with Crippen molar-refractivity contribution in [3.05, 3.63) is 47.3 Å². The maximum absolute atomic E-state index is 13.0. The van der Waals surface area contributed by atoms with E-state index >= 15 is 0 Å². The van der Waals surface area contributed by atoms with Crippen LogP contribution >= 0.6 is 0 Å². The highest BCUT2D eigenvalue weighted by Gasteiger charge is 2.31. The van der Waals surface area contributed by atoms with E-state index < -0.39 is 0 Å². The maximum Gasteiger partial charge on any atom is 0.309 e. The van der Waals surface area contributed by atoms with Gasteiger partial charge in [-0.3, -0.25) is 9.59 Å². The molecule has 0 atom stereocenters. The fourth-order valence-corrected chi connectivity index (χ4v) is 3.51. The van der Waals surface area contributed by atoms with Crippen LogP contribution in [0.1, 0.15) is 41.5 Å². The Kier molecular flexibility index (Phi) is 5.40. The van der Waals surface area contributed by atoms with Crippen molar-refractivity contribution in [3.63, 3.8) is 0 Å². The first-order valence-electron chi connectivity index (χ1n) is 9.10. The molecule has 0 bridgehead atoms. The SMILES string of the molecule is CCOC(=O)C1CCN(C(=O)c2c(C)nn(-c3ccccc3)c2C)CC1. The minimum Gasteiger partial charge on any atom is -0.466 e. The lowest BCUT2D eigenvalue weighted by molar-refractivity contribution is -0.149. The molecular weight excluding hydrogens is 330 g/mol. The Hall–Kier alpha value is -2.63. The van der Waals surface area contributed by atoms with Gasteiger partial charge in [0.25, 0.3) is 5.91 Å². The largest absolute Gasteiger partial charge is 0.466 e. The molecule has 0 saturated carbocycles. The number of carbonyl (C=O) groups is 2. The van der Waals surface area contributed by atoms with E-state index in [-0.39, 0.29) is 17.8 Å². The summed E-state index contributed by atoms with van der Waals surface area (Å²) in [6, 6.07) is 9.80. The molecule has 1 aliphatic rings. The molecule has 1 aliphatic heterocycles. The molecule has 1 amide bonds. The maximum atomic E-state index is 13.0. The van der Waals surface area contributed by atoms with Crippen LogP contribution in [0.3, 0.4) is 0 Å². The highest BCUT2D eigenvalue weighted by molar-refractivity contribution is 5.96. The Bertz CT molecular complexity index is 790. The molecule has 6 heteroatoms. The number of esters is 1. The summed E-state index contributed by atoms with van der Waals surface area (Å²) >= 11 is 0. The quantitative estimate of drug-likeness (QED) is 0.791. The highest BCUT2D eigenvalue weighted by atomic mass is 16.5. The predicted octanol–water partition coefficient (Wildman–Crippen LogP) is 2.90. The molecule has 6 nitrogen and oxygen atoms in total. The van der Waals surface area contributed by atoms with E-state index in [0.717, 1.165) is 17.1 Å². The molecule has 0 radical (unpaired) electrons. The number of ether oxygens (including phenoxy) is 1. The van der Waals surface area contributed by atoms with Crippen molar-refractivity contribution in [2.45, 2.75) is 33.6 Å². The smallest absolute Gasteiger partial charge is 0.309 e. The van der Waals surface area contributed by atoms with E-state index in [1.807, 2.05) is 60.7 Å². The Morgan fingerprint density at radius 1 is 1.15 bits per heavy atom.